The van der Waals surface area contributed by atoms with E-state index in [0.717, 1.165) is 10.6 Å². The maximum absolute atomic E-state index is 9.98. The lowest BCUT2D eigenvalue weighted by Gasteiger charge is -2.23. The first-order chi connectivity index (χ1) is 8.61. The van der Waals surface area contributed by atoms with Crippen LogP contribution >= 0.6 is 0 Å². The summed E-state index contributed by atoms with van der Waals surface area (Å²) in [5, 5.41) is 25.4. The molecule has 0 aliphatic carbocycles. The summed E-state index contributed by atoms with van der Waals surface area (Å²) >= 11 is 0. The topological polar surface area (TPSA) is 112 Å². The molecule has 1 aromatic carbocycles. The van der Waals surface area contributed by atoms with E-state index in [1.807, 2.05) is 30.3 Å². The predicted molar refractivity (Wildman–Crippen MR) is 64.0 cm³/mol. The summed E-state index contributed by atoms with van der Waals surface area (Å²) in [4.78, 5) is 0. The normalized spacial score (nSPS) is 12.1. The number of nitrogens with two attached hydrogens (primary N) is 1. The Morgan fingerprint density at radius 1 is 1.39 bits per heavy atom. The smallest absolute Gasteiger partial charge is 0.199 e. The highest BCUT2D eigenvalue weighted by Gasteiger charge is 2.22. The van der Waals surface area contributed by atoms with E-state index in [1.165, 1.54) is 0 Å². The van der Waals surface area contributed by atoms with Gasteiger partial charge in [0.2, 0.25) is 0 Å². The Balaban J connectivity index is 2.20. The van der Waals surface area contributed by atoms with Crippen molar-refractivity contribution < 1.29 is 9.84 Å². The molecule has 0 saturated carbocycles. The number of nitrogens with zero attached hydrogens (tertiary/aromatic N) is 3. The summed E-state index contributed by atoms with van der Waals surface area (Å²) < 4.78 is 4.40. The molecule has 1 atom stereocenters. The van der Waals surface area contributed by atoms with Gasteiger partial charge in [0.1, 0.15) is 0 Å². The first kappa shape index (κ1) is 12.1. The average Bonchev–Trinajstić information content (AvgIpc) is 2.83. The summed E-state index contributed by atoms with van der Waals surface area (Å²) in [6.45, 7) is 1.76. The van der Waals surface area contributed by atoms with Gasteiger partial charge in [0.25, 0.3) is 0 Å². The zero-order valence-electron chi connectivity index (χ0n) is 9.74. The van der Waals surface area contributed by atoms with E-state index < -0.39 is 6.04 Å². The lowest BCUT2D eigenvalue weighted by molar-refractivity contribution is -0.0497. The molecule has 0 spiro atoms. The summed E-state index contributed by atoms with van der Waals surface area (Å²) in [6, 6.07) is 8.89. The molecule has 7 nitrogen and oxygen atoms in total. The Labute approximate surface area is 103 Å². The molecule has 0 aliphatic rings. The van der Waals surface area contributed by atoms with Gasteiger partial charge in [-0.1, -0.05) is 30.3 Å². The number of nitrogen functional groups attached to an aromatic ring is 1. The van der Waals surface area contributed by atoms with Gasteiger partial charge < -0.3 is 5.73 Å². The zero-order chi connectivity index (χ0) is 13.1. The van der Waals surface area contributed by atoms with Crippen molar-refractivity contribution in [1.29, 1.82) is 5.41 Å². The lowest BCUT2D eigenvalue weighted by Crippen LogP contribution is -2.31. The van der Waals surface area contributed by atoms with E-state index in [4.69, 9.17) is 11.1 Å². The van der Waals surface area contributed by atoms with Crippen LogP contribution in [0.1, 0.15) is 24.2 Å². The van der Waals surface area contributed by atoms with E-state index in [2.05, 4.69) is 14.9 Å². The molecule has 7 heteroatoms. The van der Waals surface area contributed by atoms with Gasteiger partial charge in [0.05, 0.1) is 6.04 Å². The monoisotopic (exact) mass is 247 g/mol. The van der Waals surface area contributed by atoms with Crippen molar-refractivity contribution in [3.8, 4) is 0 Å². The Kier molecular flexibility index (Phi) is 3.24. The van der Waals surface area contributed by atoms with Gasteiger partial charge in [0.15, 0.2) is 17.3 Å². The van der Waals surface area contributed by atoms with Crippen molar-refractivity contribution in [3.05, 3.63) is 41.6 Å². The Morgan fingerprint density at radius 2 is 2.06 bits per heavy atom. The third kappa shape index (κ3) is 2.16. The molecule has 94 valence electrons. The highest BCUT2D eigenvalue weighted by Crippen LogP contribution is 2.20. The first-order valence-corrected chi connectivity index (χ1v) is 5.31. The third-order valence-electron chi connectivity index (χ3n) is 2.62. The van der Waals surface area contributed by atoms with Crippen LogP contribution in [0.3, 0.4) is 0 Å². The van der Waals surface area contributed by atoms with Crippen LogP contribution < -0.4 is 5.73 Å². The van der Waals surface area contributed by atoms with Crippen LogP contribution in [-0.4, -0.2) is 26.4 Å². The molecule has 1 aromatic heterocycles. The van der Waals surface area contributed by atoms with Crippen molar-refractivity contribution in [3.63, 3.8) is 0 Å². The van der Waals surface area contributed by atoms with E-state index >= 15 is 0 Å². The second kappa shape index (κ2) is 4.84. The van der Waals surface area contributed by atoms with Crippen molar-refractivity contribution >= 4 is 11.7 Å². The summed E-state index contributed by atoms with van der Waals surface area (Å²) in [5.41, 5.74) is 6.35. The Morgan fingerprint density at radius 3 is 2.61 bits per heavy atom. The molecule has 0 amide bonds. The Bertz CT molecular complexity index is 539. The molecule has 1 heterocycles. The number of hydrogen-bond donors (Lipinski definition) is 3. The SMILES string of the molecule is CC(c1ccccc1)N(O)C(=N)c1nonc1N. The van der Waals surface area contributed by atoms with Gasteiger partial charge in [-0.25, -0.2) is 9.69 Å². The van der Waals surface area contributed by atoms with Crippen LogP contribution in [0.15, 0.2) is 35.0 Å². The Hall–Kier alpha value is -2.41. The summed E-state index contributed by atoms with van der Waals surface area (Å²) in [7, 11) is 0. The predicted octanol–water partition coefficient (Wildman–Crippen LogP) is 1.43. The number of hydroxylamine groups is 2. The molecule has 2 rings (SSSR count). The zero-order valence-corrected chi connectivity index (χ0v) is 9.74. The van der Waals surface area contributed by atoms with E-state index in [0.29, 0.717) is 0 Å². The fourth-order valence-electron chi connectivity index (χ4n) is 1.53. The fraction of sp³-hybridized carbons (Fsp3) is 0.182. The molecular weight excluding hydrogens is 234 g/mol. The molecule has 0 bridgehead atoms. The highest BCUT2D eigenvalue weighted by molar-refractivity contribution is 5.97. The van der Waals surface area contributed by atoms with Crippen LogP contribution in [0.4, 0.5) is 5.82 Å². The van der Waals surface area contributed by atoms with E-state index in [-0.39, 0.29) is 17.3 Å². The van der Waals surface area contributed by atoms with Gasteiger partial charge >= 0.3 is 0 Å². The number of anilines is 1. The van der Waals surface area contributed by atoms with Crippen LogP contribution in [0.25, 0.3) is 0 Å². The number of nitrogens with one attached hydrogen (secondary N) is 1. The number of amidine groups is 1. The number of hydrogen-bond acceptors (Lipinski definition) is 6. The molecular formula is C11H13N5O2. The van der Waals surface area contributed by atoms with Crippen LogP contribution in [0.2, 0.25) is 0 Å². The number of rotatable bonds is 3. The molecule has 0 radical (unpaired) electrons. The van der Waals surface area contributed by atoms with Gasteiger partial charge in [-0.2, -0.15) is 0 Å². The fourth-order valence-corrected chi connectivity index (χ4v) is 1.53. The number of benzene rings is 1. The van der Waals surface area contributed by atoms with Gasteiger partial charge in [-0.3, -0.25) is 10.6 Å². The van der Waals surface area contributed by atoms with Crippen molar-refractivity contribution in [2.75, 3.05) is 5.73 Å². The maximum Gasteiger partial charge on any atom is 0.199 e. The molecule has 18 heavy (non-hydrogen) atoms. The largest absolute Gasteiger partial charge is 0.379 e. The molecule has 2 aromatic rings. The first-order valence-electron chi connectivity index (χ1n) is 5.31. The van der Waals surface area contributed by atoms with E-state index in [9.17, 15) is 5.21 Å². The molecule has 0 fully saturated rings. The van der Waals surface area contributed by atoms with Gasteiger partial charge in [0, 0.05) is 0 Å². The minimum Gasteiger partial charge on any atom is -0.379 e. The molecule has 4 N–H and O–H groups in total. The highest BCUT2D eigenvalue weighted by atomic mass is 16.6. The maximum atomic E-state index is 9.98. The second-order valence-electron chi connectivity index (χ2n) is 3.78. The van der Waals surface area contributed by atoms with Crippen molar-refractivity contribution in [2.45, 2.75) is 13.0 Å². The van der Waals surface area contributed by atoms with Crippen LogP contribution in [-0.2, 0) is 0 Å². The van der Waals surface area contributed by atoms with Crippen LogP contribution in [0, 0.1) is 5.41 Å². The quantitative estimate of drug-likeness (QED) is 0.429. The van der Waals surface area contributed by atoms with Crippen molar-refractivity contribution in [1.82, 2.24) is 15.4 Å². The minimum absolute atomic E-state index is 0.0141. The number of aromatic nitrogens is 2. The average molecular weight is 247 g/mol. The van der Waals surface area contributed by atoms with Crippen molar-refractivity contribution in [2.24, 2.45) is 0 Å². The van der Waals surface area contributed by atoms with Crippen LogP contribution in [0.5, 0.6) is 0 Å². The third-order valence-corrected chi connectivity index (χ3v) is 2.62. The lowest BCUT2D eigenvalue weighted by atomic mass is 10.1. The second-order valence-corrected chi connectivity index (χ2v) is 3.78. The molecule has 0 saturated heterocycles. The summed E-state index contributed by atoms with van der Waals surface area (Å²) in [5.74, 6) is -0.288. The summed E-state index contributed by atoms with van der Waals surface area (Å²) in [6.07, 6.45) is 0. The minimum atomic E-state index is -0.408. The van der Waals surface area contributed by atoms with Gasteiger partial charge in [-0.15, -0.1) is 0 Å². The van der Waals surface area contributed by atoms with E-state index in [1.54, 1.807) is 6.92 Å². The molecule has 1 unspecified atom stereocenters. The molecule has 0 aliphatic heterocycles. The van der Waals surface area contributed by atoms with Gasteiger partial charge in [-0.05, 0) is 22.8 Å². The standard InChI is InChI=1S/C11H13N5O2/c1-7(8-5-3-2-4-6-8)16(17)11(13)9-10(12)15-18-14-9/h2-7,13,17H,1H3,(H2,12,15).